The van der Waals surface area contributed by atoms with Crippen LogP contribution in [0.1, 0.15) is 41.4 Å². The van der Waals surface area contributed by atoms with E-state index in [0.29, 0.717) is 36.5 Å². The molecule has 2 heterocycles. The van der Waals surface area contributed by atoms with Crippen LogP contribution in [0.15, 0.2) is 15.4 Å². The van der Waals surface area contributed by atoms with Gasteiger partial charge in [-0.3, -0.25) is 9.59 Å². The Kier molecular flexibility index (Phi) is 5.08. The third kappa shape index (κ3) is 4.28. The van der Waals surface area contributed by atoms with Crippen molar-refractivity contribution in [3.8, 4) is 0 Å². The van der Waals surface area contributed by atoms with Gasteiger partial charge in [0.1, 0.15) is 0 Å². The molecule has 0 saturated carbocycles. The van der Waals surface area contributed by atoms with Crippen molar-refractivity contribution in [2.24, 2.45) is 0 Å². The number of hydrogen-bond donors (Lipinski definition) is 2. The van der Waals surface area contributed by atoms with Gasteiger partial charge in [-0.15, -0.1) is 0 Å². The number of H-pyrrole nitrogens is 1. The molecule has 2 aromatic heterocycles. The van der Waals surface area contributed by atoms with Crippen molar-refractivity contribution in [3.63, 3.8) is 0 Å². The van der Waals surface area contributed by atoms with E-state index in [0.717, 1.165) is 11.3 Å². The first-order valence-electron chi connectivity index (χ1n) is 7.21. The molecule has 22 heavy (non-hydrogen) atoms. The minimum Gasteiger partial charge on any atom is -0.352 e. The zero-order valence-electron chi connectivity index (χ0n) is 13.0. The van der Waals surface area contributed by atoms with E-state index in [1.165, 1.54) is 0 Å². The van der Waals surface area contributed by atoms with E-state index in [1.54, 1.807) is 6.92 Å². The van der Waals surface area contributed by atoms with E-state index >= 15 is 0 Å². The smallest absolute Gasteiger partial charge is 0.253 e. The second kappa shape index (κ2) is 7.02. The highest BCUT2D eigenvalue weighted by molar-refractivity contribution is 5.75. The average molecular weight is 304 g/mol. The van der Waals surface area contributed by atoms with Crippen LogP contribution in [0.3, 0.4) is 0 Å². The van der Waals surface area contributed by atoms with Crippen LogP contribution >= 0.6 is 0 Å². The minimum atomic E-state index is -0.154. The van der Waals surface area contributed by atoms with Gasteiger partial charge in [0.2, 0.25) is 11.8 Å². The Hall–Kier alpha value is -2.44. The zero-order chi connectivity index (χ0) is 16.1. The Balaban J connectivity index is 1.79. The van der Waals surface area contributed by atoms with Crippen LogP contribution in [-0.2, 0) is 17.8 Å². The lowest BCUT2D eigenvalue weighted by Gasteiger charge is -2.07. The lowest BCUT2D eigenvalue weighted by atomic mass is 10.1. The molecule has 0 radical (unpaired) electrons. The molecular formula is C15H20N4O3. The summed E-state index contributed by atoms with van der Waals surface area (Å²) in [5.41, 5.74) is 2.13. The summed E-state index contributed by atoms with van der Waals surface area (Å²) >= 11 is 0. The van der Waals surface area contributed by atoms with Crippen molar-refractivity contribution in [2.45, 2.75) is 46.6 Å². The van der Waals surface area contributed by atoms with Crippen LogP contribution in [0.25, 0.3) is 0 Å². The molecule has 0 spiro atoms. The predicted octanol–water partition coefficient (Wildman–Crippen LogP) is 1.32. The van der Waals surface area contributed by atoms with E-state index in [4.69, 9.17) is 4.52 Å². The summed E-state index contributed by atoms with van der Waals surface area (Å²) in [5.74, 6) is 1.03. The van der Waals surface area contributed by atoms with Gasteiger partial charge in [-0.05, 0) is 38.8 Å². The number of carbonyl (C=O) groups is 1. The van der Waals surface area contributed by atoms with Crippen molar-refractivity contribution < 1.29 is 9.32 Å². The summed E-state index contributed by atoms with van der Waals surface area (Å²) in [4.78, 5) is 30.5. The molecule has 0 aliphatic carbocycles. The Bertz CT molecular complexity index is 718. The van der Waals surface area contributed by atoms with Gasteiger partial charge in [0.15, 0.2) is 5.82 Å². The minimum absolute atomic E-state index is 0.101. The predicted molar refractivity (Wildman–Crippen MR) is 80.4 cm³/mol. The maximum atomic E-state index is 11.8. The lowest BCUT2D eigenvalue weighted by molar-refractivity contribution is -0.121. The van der Waals surface area contributed by atoms with Crippen molar-refractivity contribution in [3.05, 3.63) is 45.0 Å². The van der Waals surface area contributed by atoms with Gasteiger partial charge in [-0.25, -0.2) is 0 Å². The number of aromatic nitrogens is 3. The third-order valence-electron chi connectivity index (χ3n) is 3.32. The van der Waals surface area contributed by atoms with Gasteiger partial charge in [0.05, 0.1) is 0 Å². The molecule has 2 aromatic rings. The van der Waals surface area contributed by atoms with Gasteiger partial charge < -0.3 is 14.8 Å². The van der Waals surface area contributed by atoms with Crippen molar-refractivity contribution in [2.75, 3.05) is 0 Å². The topological polar surface area (TPSA) is 101 Å². The maximum absolute atomic E-state index is 11.8. The fraction of sp³-hybridized carbons (Fsp3) is 0.467. The van der Waals surface area contributed by atoms with Gasteiger partial charge >= 0.3 is 0 Å². The van der Waals surface area contributed by atoms with E-state index in [1.807, 2.05) is 19.9 Å². The van der Waals surface area contributed by atoms with Gasteiger partial charge in [-0.2, -0.15) is 4.98 Å². The van der Waals surface area contributed by atoms with Gasteiger partial charge in [-0.1, -0.05) is 5.16 Å². The van der Waals surface area contributed by atoms with Gasteiger partial charge in [0.25, 0.3) is 5.56 Å². The number of pyridine rings is 1. The van der Waals surface area contributed by atoms with E-state index in [9.17, 15) is 9.59 Å². The summed E-state index contributed by atoms with van der Waals surface area (Å²) in [6.45, 7) is 5.68. The molecule has 0 aliphatic heterocycles. The highest BCUT2D eigenvalue weighted by Gasteiger charge is 2.09. The molecule has 7 nitrogen and oxygen atoms in total. The molecule has 118 valence electrons. The number of carbonyl (C=O) groups excluding carboxylic acids is 1. The van der Waals surface area contributed by atoms with Crippen molar-refractivity contribution >= 4 is 5.91 Å². The van der Waals surface area contributed by atoms with Crippen LogP contribution in [0.5, 0.6) is 0 Å². The summed E-state index contributed by atoms with van der Waals surface area (Å²) in [7, 11) is 0. The number of amides is 1. The number of nitrogens with one attached hydrogen (secondary N) is 2. The molecule has 0 unspecified atom stereocenters. The fourth-order valence-corrected chi connectivity index (χ4v) is 2.22. The van der Waals surface area contributed by atoms with Crippen LogP contribution < -0.4 is 10.9 Å². The Labute approximate surface area is 128 Å². The molecule has 7 heteroatoms. The number of nitrogens with zero attached hydrogens (tertiary/aromatic N) is 2. The first-order valence-corrected chi connectivity index (χ1v) is 7.21. The molecule has 2 rings (SSSR count). The van der Waals surface area contributed by atoms with Crippen LogP contribution in [-0.4, -0.2) is 21.0 Å². The highest BCUT2D eigenvalue weighted by Crippen LogP contribution is 2.05. The number of rotatable bonds is 6. The molecule has 1 amide bonds. The van der Waals surface area contributed by atoms with Crippen LogP contribution in [0, 0.1) is 20.8 Å². The third-order valence-corrected chi connectivity index (χ3v) is 3.32. The van der Waals surface area contributed by atoms with E-state index < -0.39 is 0 Å². The normalized spacial score (nSPS) is 10.7. The first kappa shape index (κ1) is 15.9. The zero-order valence-corrected chi connectivity index (χ0v) is 13.0. The van der Waals surface area contributed by atoms with E-state index in [2.05, 4.69) is 20.4 Å². The fourth-order valence-electron chi connectivity index (χ4n) is 2.22. The maximum Gasteiger partial charge on any atom is 0.253 e. The van der Waals surface area contributed by atoms with Crippen LogP contribution in [0.4, 0.5) is 0 Å². The molecule has 0 fully saturated rings. The quantitative estimate of drug-likeness (QED) is 0.838. The average Bonchev–Trinajstić information content (AvgIpc) is 2.83. The van der Waals surface area contributed by atoms with Gasteiger partial charge in [0, 0.05) is 30.6 Å². The van der Waals surface area contributed by atoms with Crippen molar-refractivity contribution in [1.82, 2.24) is 20.4 Å². The summed E-state index contributed by atoms with van der Waals surface area (Å²) in [6, 6.07) is 1.89. The Morgan fingerprint density at radius 3 is 2.77 bits per heavy atom. The highest BCUT2D eigenvalue weighted by atomic mass is 16.5. The summed E-state index contributed by atoms with van der Waals surface area (Å²) < 4.78 is 4.98. The number of aryl methyl sites for hydroxylation is 4. The standard InChI is InChI=1S/C15H20N4O3/c1-9-7-10(2)17-15(21)12(9)8-16-13(20)5-4-6-14-18-11(3)19-22-14/h7H,4-6,8H2,1-3H3,(H,16,20)(H,17,21). The second-order valence-electron chi connectivity index (χ2n) is 5.31. The monoisotopic (exact) mass is 304 g/mol. The molecule has 0 aromatic carbocycles. The van der Waals surface area contributed by atoms with E-state index in [-0.39, 0.29) is 18.0 Å². The molecule has 0 atom stereocenters. The number of hydrogen-bond acceptors (Lipinski definition) is 5. The largest absolute Gasteiger partial charge is 0.352 e. The molecular weight excluding hydrogens is 284 g/mol. The van der Waals surface area contributed by atoms with Crippen LogP contribution in [0.2, 0.25) is 0 Å². The Morgan fingerprint density at radius 1 is 1.36 bits per heavy atom. The Morgan fingerprint density at radius 2 is 2.14 bits per heavy atom. The lowest BCUT2D eigenvalue weighted by Crippen LogP contribution is -2.27. The SMILES string of the molecule is Cc1noc(CCCC(=O)NCc2c(C)cc(C)[nH]c2=O)n1. The number of aromatic amines is 1. The summed E-state index contributed by atoms with van der Waals surface area (Å²) in [5, 5.41) is 6.46. The molecule has 0 saturated heterocycles. The molecule has 0 bridgehead atoms. The molecule has 2 N–H and O–H groups in total. The van der Waals surface area contributed by atoms with Crippen molar-refractivity contribution in [1.29, 1.82) is 0 Å². The molecule has 0 aliphatic rings. The first-order chi connectivity index (χ1) is 10.5. The summed E-state index contributed by atoms with van der Waals surface area (Å²) in [6.07, 6.45) is 1.54. The second-order valence-corrected chi connectivity index (χ2v) is 5.31.